The number of allylic oxidation sites excluding steroid dienone is 2. The average molecular weight is 230 g/mol. The molecule has 0 fully saturated rings. The van der Waals surface area contributed by atoms with Gasteiger partial charge in [0.15, 0.2) is 0 Å². The van der Waals surface area contributed by atoms with E-state index in [4.69, 9.17) is 0 Å². The van der Waals surface area contributed by atoms with Crippen molar-refractivity contribution in [3.8, 4) is 0 Å². The molecule has 1 N–H and O–H groups in total. The Morgan fingerprint density at radius 3 is 3.06 bits per heavy atom. The number of nitrogens with one attached hydrogen (secondary N) is 1. The van der Waals surface area contributed by atoms with Gasteiger partial charge < -0.3 is 5.32 Å². The van der Waals surface area contributed by atoms with Crippen LogP contribution in [0.1, 0.15) is 31.4 Å². The molecule has 0 saturated carbocycles. The Hall–Kier alpha value is -1.90. The second kappa shape index (κ2) is 7.39. The third kappa shape index (κ3) is 4.64. The van der Waals surface area contributed by atoms with Gasteiger partial charge in [0.1, 0.15) is 0 Å². The van der Waals surface area contributed by atoms with E-state index in [-0.39, 0.29) is 11.9 Å². The Kier molecular flexibility index (Phi) is 5.72. The molecule has 0 aliphatic carbocycles. The number of hydrogen-bond donors (Lipinski definition) is 1. The van der Waals surface area contributed by atoms with Gasteiger partial charge in [0.2, 0.25) is 5.91 Å². The summed E-state index contributed by atoms with van der Waals surface area (Å²) >= 11 is 0. The summed E-state index contributed by atoms with van der Waals surface area (Å²) < 4.78 is 0. The lowest BCUT2D eigenvalue weighted by atomic mass is 10.0. The van der Waals surface area contributed by atoms with Crippen LogP contribution < -0.4 is 5.32 Å². The van der Waals surface area contributed by atoms with Crippen molar-refractivity contribution in [2.75, 3.05) is 0 Å². The van der Waals surface area contributed by atoms with Gasteiger partial charge in [-0.3, -0.25) is 9.78 Å². The van der Waals surface area contributed by atoms with Gasteiger partial charge in [-0.1, -0.05) is 38.1 Å². The molecule has 90 valence electrons. The van der Waals surface area contributed by atoms with Crippen LogP contribution in [0.2, 0.25) is 0 Å². The van der Waals surface area contributed by atoms with E-state index in [1.54, 1.807) is 24.5 Å². The van der Waals surface area contributed by atoms with E-state index < -0.39 is 0 Å². The number of aromatic nitrogens is 1. The first-order chi connectivity index (χ1) is 8.27. The van der Waals surface area contributed by atoms with E-state index in [0.29, 0.717) is 0 Å². The van der Waals surface area contributed by atoms with Crippen LogP contribution in [0.15, 0.2) is 49.3 Å². The van der Waals surface area contributed by atoms with Crippen LogP contribution in [-0.4, -0.2) is 10.9 Å². The lowest BCUT2D eigenvalue weighted by molar-refractivity contribution is -0.117. The van der Waals surface area contributed by atoms with Gasteiger partial charge in [-0.05, 0) is 18.1 Å². The summed E-state index contributed by atoms with van der Waals surface area (Å²) in [4.78, 5) is 15.7. The summed E-state index contributed by atoms with van der Waals surface area (Å²) in [6.07, 6.45) is 10.1. The van der Waals surface area contributed by atoms with Crippen molar-refractivity contribution >= 4 is 5.91 Å². The number of nitrogens with zero attached hydrogens (tertiary/aromatic N) is 1. The largest absolute Gasteiger partial charge is 0.346 e. The number of rotatable bonds is 6. The van der Waals surface area contributed by atoms with Crippen molar-refractivity contribution in [1.82, 2.24) is 10.3 Å². The van der Waals surface area contributed by atoms with Gasteiger partial charge in [0, 0.05) is 18.5 Å². The minimum atomic E-state index is -0.104. The minimum Gasteiger partial charge on any atom is -0.346 e. The van der Waals surface area contributed by atoms with E-state index in [9.17, 15) is 4.79 Å². The molecule has 0 spiro atoms. The van der Waals surface area contributed by atoms with Crippen molar-refractivity contribution < 1.29 is 4.79 Å². The van der Waals surface area contributed by atoms with E-state index in [0.717, 1.165) is 18.4 Å². The number of carbonyl (C=O) groups excluding carboxylic acids is 1. The quantitative estimate of drug-likeness (QED) is 0.603. The molecule has 1 amide bonds. The van der Waals surface area contributed by atoms with Crippen molar-refractivity contribution in [1.29, 1.82) is 0 Å². The van der Waals surface area contributed by atoms with Gasteiger partial charge >= 0.3 is 0 Å². The second-order valence-electron chi connectivity index (χ2n) is 3.73. The molecule has 17 heavy (non-hydrogen) atoms. The molecule has 1 heterocycles. The lowest BCUT2D eigenvalue weighted by Crippen LogP contribution is -2.26. The molecule has 1 aromatic rings. The monoisotopic (exact) mass is 230 g/mol. The molecule has 1 aromatic heterocycles. The molecule has 0 saturated heterocycles. The molecular formula is C14H18N2O. The molecule has 0 aliphatic rings. The normalized spacial score (nSPS) is 12.3. The van der Waals surface area contributed by atoms with Gasteiger partial charge in [0.25, 0.3) is 0 Å². The van der Waals surface area contributed by atoms with Crippen LogP contribution in [0.3, 0.4) is 0 Å². The highest BCUT2D eigenvalue weighted by molar-refractivity contribution is 5.88. The molecule has 0 bridgehead atoms. The van der Waals surface area contributed by atoms with Crippen LogP contribution in [-0.2, 0) is 4.79 Å². The predicted octanol–water partition coefficient (Wildman–Crippen LogP) is 2.78. The van der Waals surface area contributed by atoms with Crippen LogP contribution in [0.5, 0.6) is 0 Å². The summed E-state index contributed by atoms with van der Waals surface area (Å²) in [6, 6.07) is 3.88. The smallest absolute Gasteiger partial charge is 0.244 e. The van der Waals surface area contributed by atoms with Crippen LogP contribution in [0, 0.1) is 0 Å². The van der Waals surface area contributed by atoms with Gasteiger partial charge in [-0.25, -0.2) is 0 Å². The van der Waals surface area contributed by atoms with Crippen molar-refractivity contribution in [3.63, 3.8) is 0 Å². The summed E-state index contributed by atoms with van der Waals surface area (Å²) in [6.45, 7) is 5.62. The number of hydrogen-bond acceptors (Lipinski definition) is 2. The molecule has 0 aliphatic heterocycles. The Morgan fingerprint density at radius 2 is 2.47 bits per heavy atom. The van der Waals surface area contributed by atoms with Crippen molar-refractivity contribution in [2.24, 2.45) is 0 Å². The summed E-state index contributed by atoms with van der Waals surface area (Å²) in [5, 5.41) is 2.96. The number of pyridine rings is 1. The Morgan fingerprint density at radius 1 is 1.65 bits per heavy atom. The molecule has 1 atom stereocenters. The Balaban J connectivity index is 2.70. The van der Waals surface area contributed by atoms with Crippen molar-refractivity contribution in [2.45, 2.75) is 25.8 Å². The van der Waals surface area contributed by atoms with Crippen LogP contribution in [0.25, 0.3) is 0 Å². The highest BCUT2D eigenvalue weighted by atomic mass is 16.1. The van der Waals surface area contributed by atoms with Gasteiger partial charge in [-0.2, -0.15) is 0 Å². The Bertz CT molecular complexity index is 384. The van der Waals surface area contributed by atoms with E-state index in [1.165, 1.54) is 6.08 Å². The fraction of sp³-hybridized carbons (Fsp3) is 0.286. The summed E-state index contributed by atoms with van der Waals surface area (Å²) in [5.74, 6) is -0.104. The van der Waals surface area contributed by atoms with Gasteiger partial charge in [0.05, 0.1) is 6.04 Å². The van der Waals surface area contributed by atoms with Crippen molar-refractivity contribution in [3.05, 3.63) is 54.9 Å². The molecular weight excluding hydrogens is 212 g/mol. The molecule has 1 unspecified atom stereocenters. The topological polar surface area (TPSA) is 42.0 Å². The van der Waals surface area contributed by atoms with Gasteiger partial charge in [-0.15, -0.1) is 0 Å². The van der Waals surface area contributed by atoms with Crippen LogP contribution >= 0.6 is 0 Å². The standard InChI is InChI=1S/C14H18N2O/c1-3-5-9-14(17)16-13(7-4-2)12-8-6-10-15-11-12/h3,5-6,8-11,13H,1,4,7H2,2H3,(H,16,17). The molecule has 0 radical (unpaired) electrons. The SMILES string of the molecule is C=CC=CC(=O)NC(CCC)c1cccnc1. The zero-order chi connectivity index (χ0) is 12.5. The second-order valence-corrected chi connectivity index (χ2v) is 3.73. The number of amides is 1. The van der Waals surface area contributed by atoms with E-state index in [2.05, 4.69) is 23.8 Å². The maximum absolute atomic E-state index is 11.6. The molecule has 3 nitrogen and oxygen atoms in total. The zero-order valence-corrected chi connectivity index (χ0v) is 10.1. The highest BCUT2D eigenvalue weighted by Gasteiger charge is 2.11. The first kappa shape index (κ1) is 13.2. The summed E-state index contributed by atoms with van der Waals surface area (Å²) in [7, 11) is 0. The minimum absolute atomic E-state index is 0.0238. The molecule has 0 aromatic carbocycles. The zero-order valence-electron chi connectivity index (χ0n) is 10.1. The van der Waals surface area contributed by atoms with E-state index in [1.807, 2.05) is 12.1 Å². The lowest BCUT2D eigenvalue weighted by Gasteiger charge is -2.17. The molecule has 3 heteroatoms. The Labute approximate surface area is 102 Å². The average Bonchev–Trinajstić information content (AvgIpc) is 2.37. The highest BCUT2D eigenvalue weighted by Crippen LogP contribution is 2.16. The fourth-order valence-corrected chi connectivity index (χ4v) is 1.57. The summed E-state index contributed by atoms with van der Waals surface area (Å²) in [5.41, 5.74) is 1.04. The third-order valence-electron chi connectivity index (χ3n) is 2.36. The predicted molar refractivity (Wildman–Crippen MR) is 69.4 cm³/mol. The third-order valence-corrected chi connectivity index (χ3v) is 2.36. The van der Waals surface area contributed by atoms with Crippen LogP contribution in [0.4, 0.5) is 0 Å². The van der Waals surface area contributed by atoms with E-state index >= 15 is 0 Å². The maximum atomic E-state index is 11.6. The number of carbonyl (C=O) groups is 1. The molecule has 1 rings (SSSR count). The first-order valence-corrected chi connectivity index (χ1v) is 5.77. The first-order valence-electron chi connectivity index (χ1n) is 5.77. The fourth-order valence-electron chi connectivity index (χ4n) is 1.57. The maximum Gasteiger partial charge on any atom is 0.244 e.